The lowest BCUT2D eigenvalue weighted by Crippen LogP contribution is -2.64. The van der Waals surface area contributed by atoms with Crippen molar-refractivity contribution in [3.63, 3.8) is 0 Å². The number of rotatable bonds is 4. The van der Waals surface area contributed by atoms with E-state index in [4.69, 9.17) is 4.98 Å². The van der Waals surface area contributed by atoms with Gasteiger partial charge in [0.25, 0.3) is 5.56 Å². The number of nitrogens with one attached hydrogen (secondary N) is 2. The summed E-state index contributed by atoms with van der Waals surface area (Å²) in [4.78, 5) is 61.4. The molecule has 2 aliphatic heterocycles. The second-order valence-electron chi connectivity index (χ2n) is 12.3. The fraction of sp³-hybridized carbons (Fsp3) is 0.294. The van der Waals surface area contributed by atoms with Gasteiger partial charge in [-0.25, -0.2) is 14.4 Å². The summed E-state index contributed by atoms with van der Waals surface area (Å²) in [5.74, 6) is -1.39. The third-order valence-electron chi connectivity index (χ3n) is 9.07. The third kappa shape index (κ3) is 4.23. The van der Waals surface area contributed by atoms with Crippen LogP contribution in [0, 0.1) is 19.7 Å². The van der Waals surface area contributed by atoms with Gasteiger partial charge in [0.15, 0.2) is 5.65 Å². The van der Waals surface area contributed by atoms with Crippen LogP contribution in [0.15, 0.2) is 54.2 Å². The van der Waals surface area contributed by atoms with Crippen LogP contribution in [0.5, 0.6) is 0 Å². The predicted molar refractivity (Wildman–Crippen MR) is 175 cm³/mol. The molecule has 1 saturated heterocycles. The van der Waals surface area contributed by atoms with E-state index in [1.807, 2.05) is 52.8 Å². The molecule has 0 spiro atoms. The van der Waals surface area contributed by atoms with E-state index in [9.17, 15) is 14.4 Å². The maximum atomic E-state index is 16.5. The number of aryl methyl sites for hydroxylation is 2. The zero-order chi connectivity index (χ0) is 32.6. The van der Waals surface area contributed by atoms with Gasteiger partial charge in [0.2, 0.25) is 11.8 Å². The van der Waals surface area contributed by atoms with Gasteiger partial charge in [-0.2, -0.15) is 0 Å². The topological polar surface area (TPSA) is 129 Å². The first-order valence-corrected chi connectivity index (χ1v) is 15.2. The lowest BCUT2D eigenvalue weighted by molar-refractivity contribution is -0.130. The SMILES string of the molecule is C=CC(=O)N1CC2C(=O)Nc3c(c4cc(F)c(-c5c(C)ccc6[nH]cnc56)nc4n(-c4c(C)ccnc4C(C)C)c3=O)N2CC1C. The van der Waals surface area contributed by atoms with Gasteiger partial charge in [-0.15, -0.1) is 0 Å². The van der Waals surface area contributed by atoms with Gasteiger partial charge < -0.3 is 20.1 Å². The summed E-state index contributed by atoms with van der Waals surface area (Å²) in [5.41, 5.74) is 4.68. The number of benzene rings is 1. The Labute approximate surface area is 263 Å². The van der Waals surface area contributed by atoms with Gasteiger partial charge in [-0.3, -0.25) is 23.9 Å². The van der Waals surface area contributed by atoms with E-state index in [0.717, 1.165) is 16.6 Å². The van der Waals surface area contributed by atoms with Gasteiger partial charge in [0.1, 0.15) is 23.2 Å². The van der Waals surface area contributed by atoms with Gasteiger partial charge in [0, 0.05) is 29.7 Å². The molecule has 2 aliphatic rings. The minimum atomic E-state index is -0.805. The number of amides is 2. The summed E-state index contributed by atoms with van der Waals surface area (Å²) in [6, 6.07) is 5.82. The van der Waals surface area contributed by atoms with Crippen LogP contribution in [0.3, 0.4) is 0 Å². The van der Waals surface area contributed by atoms with Crippen molar-refractivity contribution in [2.75, 3.05) is 23.3 Å². The third-order valence-corrected chi connectivity index (χ3v) is 9.07. The van der Waals surface area contributed by atoms with Gasteiger partial charge >= 0.3 is 0 Å². The Hall–Kier alpha value is -5.39. The molecule has 0 aliphatic carbocycles. The van der Waals surface area contributed by atoms with Crippen molar-refractivity contribution in [1.29, 1.82) is 0 Å². The number of nitrogens with zero attached hydrogens (tertiary/aromatic N) is 6. The molecule has 7 rings (SSSR count). The molecule has 1 aromatic carbocycles. The first kappa shape index (κ1) is 29.3. The number of hydrogen-bond donors (Lipinski definition) is 2. The Balaban J connectivity index is 1.59. The molecule has 4 aromatic heterocycles. The fourth-order valence-corrected chi connectivity index (χ4v) is 6.83. The summed E-state index contributed by atoms with van der Waals surface area (Å²) in [5, 5.41) is 3.17. The van der Waals surface area contributed by atoms with E-state index < -0.39 is 23.3 Å². The number of hydrogen-bond acceptors (Lipinski definition) is 7. The van der Waals surface area contributed by atoms with Crippen LogP contribution in [-0.4, -0.2) is 66.4 Å². The summed E-state index contributed by atoms with van der Waals surface area (Å²) < 4.78 is 18.0. The van der Waals surface area contributed by atoms with E-state index in [2.05, 4.69) is 26.8 Å². The van der Waals surface area contributed by atoms with Crippen molar-refractivity contribution >= 4 is 45.3 Å². The van der Waals surface area contributed by atoms with Gasteiger partial charge in [-0.1, -0.05) is 26.5 Å². The Bertz CT molecular complexity index is 2190. The van der Waals surface area contributed by atoms with Crippen LogP contribution in [0.2, 0.25) is 0 Å². The van der Waals surface area contributed by atoms with E-state index in [-0.39, 0.29) is 48.0 Å². The molecule has 0 bridgehead atoms. The maximum Gasteiger partial charge on any atom is 0.282 e. The monoisotopic (exact) mass is 620 g/mol. The number of H-pyrrole nitrogens is 1. The molecule has 2 amide bonds. The first-order chi connectivity index (χ1) is 22.0. The fourth-order valence-electron chi connectivity index (χ4n) is 6.83. The number of halogens is 1. The lowest BCUT2D eigenvalue weighted by Gasteiger charge is -2.48. The first-order valence-electron chi connectivity index (χ1n) is 15.2. The number of fused-ring (bicyclic) bond motifs is 6. The Kier molecular flexibility index (Phi) is 6.76. The molecular weight excluding hydrogens is 587 g/mol. The average molecular weight is 621 g/mol. The molecule has 1 fully saturated rings. The van der Waals surface area contributed by atoms with Crippen molar-refractivity contribution in [2.24, 2.45) is 0 Å². The number of aromatic amines is 1. The summed E-state index contributed by atoms with van der Waals surface area (Å²) >= 11 is 0. The van der Waals surface area contributed by atoms with Crippen LogP contribution in [0.25, 0.3) is 39.0 Å². The highest BCUT2D eigenvalue weighted by atomic mass is 19.1. The minimum Gasteiger partial charge on any atom is -0.354 e. The summed E-state index contributed by atoms with van der Waals surface area (Å²) in [7, 11) is 0. The molecule has 0 saturated carbocycles. The second kappa shape index (κ2) is 10.6. The standard InChI is InChI=1S/C34H33FN8O3/c1-7-24(44)41-14-23-33(45)40-29-31(42(23)13-19(41)6)20-12-21(35)27(25-17(4)8-9-22-28(25)38-15-37-22)39-32(20)43(34(29)46)30-18(5)10-11-36-26(30)16(2)3/h7-12,15-16,19,23H,1,13-14H2,2-6H3,(H,37,38)(H,40,45). The summed E-state index contributed by atoms with van der Waals surface area (Å²) in [6.07, 6.45) is 4.46. The summed E-state index contributed by atoms with van der Waals surface area (Å²) in [6.45, 7) is 13.5. The molecule has 2 atom stereocenters. The van der Waals surface area contributed by atoms with E-state index in [0.29, 0.717) is 33.5 Å². The minimum absolute atomic E-state index is 0.0296. The van der Waals surface area contributed by atoms with Crippen LogP contribution in [-0.2, 0) is 9.59 Å². The zero-order valence-corrected chi connectivity index (χ0v) is 26.2. The molecule has 0 radical (unpaired) electrons. The smallest absolute Gasteiger partial charge is 0.282 e. The Morgan fingerprint density at radius 3 is 2.63 bits per heavy atom. The number of anilines is 2. The highest BCUT2D eigenvalue weighted by molar-refractivity contribution is 6.11. The number of aromatic nitrogens is 5. The molecule has 12 heteroatoms. The Morgan fingerprint density at radius 2 is 1.89 bits per heavy atom. The van der Waals surface area contributed by atoms with Crippen molar-refractivity contribution < 1.29 is 14.0 Å². The van der Waals surface area contributed by atoms with Crippen LogP contribution in [0.4, 0.5) is 15.8 Å². The Morgan fingerprint density at radius 1 is 1.11 bits per heavy atom. The number of piperazine rings is 1. The van der Waals surface area contributed by atoms with E-state index in [1.54, 1.807) is 22.3 Å². The van der Waals surface area contributed by atoms with Crippen molar-refractivity contribution in [2.45, 2.75) is 52.6 Å². The molecule has 5 aromatic rings. The molecule has 2 N–H and O–H groups in total. The molecule has 2 unspecified atom stereocenters. The van der Waals surface area contributed by atoms with Crippen molar-refractivity contribution in [1.82, 2.24) is 29.4 Å². The highest BCUT2D eigenvalue weighted by Gasteiger charge is 2.44. The van der Waals surface area contributed by atoms with Gasteiger partial charge in [0.05, 0.1) is 41.0 Å². The van der Waals surface area contributed by atoms with Gasteiger partial charge in [-0.05, 0) is 62.1 Å². The zero-order valence-electron chi connectivity index (χ0n) is 26.2. The molecule has 234 valence electrons. The lowest BCUT2D eigenvalue weighted by atomic mass is 9.98. The number of carbonyl (C=O) groups is 2. The van der Waals surface area contributed by atoms with Crippen LogP contribution < -0.4 is 15.8 Å². The van der Waals surface area contributed by atoms with E-state index in [1.165, 1.54) is 16.7 Å². The van der Waals surface area contributed by atoms with E-state index >= 15 is 4.39 Å². The number of carbonyl (C=O) groups excluding carboxylic acids is 2. The molecule has 6 heterocycles. The molecular formula is C34H33FN8O3. The van der Waals surface area contributed by atoms with Crippen LogP contribution in [0.1, 0.15) is 43.5 Å². The highest BCUT2D eigenvalue weighted by Crippen LogP contribution is 2.42. The normalized spacial score (nSPS) is 17.8. The van der Waals surface area contributed by atoms with Crippen molar-refractivity contribution in [3.05, 3.63) is 82.4 Å². The molecule has 46 heavy (non-hydrogen) atoms. The maximum absolute atomic E-state index is 16.5. The average Bonchev–Trinajstić information content (AvgIpc) is 3.50. The second-order valence-corrected chi connectivity index (χ2v) is 12.3. The number of imidazole rings is 1. The van der Waals surface area contributed by atoms with Crippen LogP contribution >= 0.6 is 0 Å². The quantitative estimate of drug-likeness (QED) is 0.278. The largest absolute Gasteiger partial charge is 0.354 e. The predicted octanol–water partition coefficient (Wildman–Crippen LogP) is 4.75. The molecule has 11 nitrogen and oxygen atoms in total. The van der Waals surface area contributed by atoms with Crippen molar-refractivity contribution in [3.8, 4) is 16.9 Å². The number of pyridine rings is 3.